The standard InChI is InChI=1S/C11H19N3O4/c15-7-5-13-3-1-9(10(13)16)18-8-6-14-4-2-12-11(14)17/h9,15H,1-8H2,(H,12,17). The van der Waals surface area contributed by atoms with Crippen LogP contribution in [0.1, 0.15) is 6.42 Å². The van der Waals surface area contributed by atoms with Gasteiger partial charge in [0.2, 0.25) is 0 Å². The Morgan fingerprint density at radius 3 is 2.78 bits per heavy atom. The molecule has 2 rings (SSSR count). The van der Waals surface area contributed by atoms with Crippen LogP contribution in [-0.2, 0) is 9.53 Å². The molecule has 102 valence electrons. The molecule has 18 heavy (non-hydrogen) atoms. The summed E-state index contributed by atoms with van der Waals surface area (Å²) in [5, 5.41) is 11.5. The number of aliphatic hydroxyl groups is 1. The highest BCUT2D eigenvalue weighted by atomic mass is 16.5. The molecule has 0 spiro atoms. The number of nitrogens with zero attached hydrogens (tertiary/aromatic N) is 2. The molecule has 0 aromatic rings. The molecule has 7 nitrogen and oxygen atoms in total. The molecular weight excluding hydrogens is 238 g/mol. The van der Waals surface area contributed by atoms with Crippen LogP contribution in [0.2, 0.25) is 0 Å². The molecule has 3 amide bonds. The first-order valence-electron chi connectivity index (χ1n) is 6.26. The largest absolute Gasteiger partial charge is 0.395 e. The Balaban J connectivity index is 1.68. The van der Waals surface area contributed by atoms with Crippen LogP contribution in [-0.4, -0.2) is 78.9 Å². The second-order valence-electron chi connectivity index (χ2n) is 4.42. The summed E-state index contributed by atoms with van der Waals surface area (Å²) < 4.78 is 5.51. The molecule has 2 aliphatic heterocycles. The van der Waals surface area contributed by atoms with Crippen LogP contribution in [0.3, 0.4) is 0 Å². The van der Waals surface area contributed by atoms with Gasteiger partial charge in [0, 0.05) is 39.1 Å². The summed E-state index contributed by atoms with van der Waals surface area (Å²) in [7, 11) is 0. The van der Waals surface area contributed by atoms with E-state index in [0.717, 1.165) is 0 Å². The average molecular weight is 257 g/mol. The summed E-state index contributed by atoms with van der Waals surface area (Å²) in [6, 6.07) is -0.0711. The van der Waals surface area contributed by atoms with Gasteiger partial charge in [-0.1, -0.05) is 0 Å². The first-order valence-corrected chi connectivity index (χ1v) is 6.26. The lowest BCUT2D eigenvalue weighted by molar-refractivity contribution is -0.137. The SMILES string of the molecule is O=C1NCCN1CCOC1CCN(CCO)C1=O. The van der Waals surface area contributed by atoms with Crippen LogP contribution in [0, 0.1) is 0 Å². The van der Waals surface area contributed by atoms with E-state index < -0.39 is 6.10 Å². The molecule has 0 radical (unpaired) electrons. The Morgan fingerprint density at radius 2 is 2.11 bits per heavy atom. The topological polar surface area (TPSA) is 82.1 Å². The second kappa shape index (κ2) is 6.01. The first kappa shape index (κ1) is 13.1. The van der Waals surface area contributed by atoms with Crippen LogP contribution >= 0.6 is 0 Å². The van der Waals surface area contributed by atoms with E-state index in [2.05, 4.69) is 5.32 Å². The van der Waals surface area contributed by atoms with Crippen molar-refractivity contribution in [1.29, 1.82) is 0 Å². The van der Waals surface area contributed by atoms with Gasteiger partial charge in [0.1, 0.15) is 6.10 Å². The molecular formula is C11H19N3O4. The van der Waals surface area contributed by atoms with Gasteiger partial charge in [0.15, 0.2) is 0 Å². The van der Waals surface area contributed by atoms with Gasteiger partial charge in [-0.2, -0.15) is 0 Å². The van der Waals surface area contributed by atoms with Gasteiger partial charge in [0.05, 0.1) is 13.2 Å². The first-order chi connectivity index (χ1) is 8.72. The highest BCUT2D eigenvalue weighted by Gasteiger charge is 2.32. The molecule has 2 fully saturated rings. The van der Waals surface area contributed by atoms with Crippen LogP contribution < -0.4 is 5.32 Å². The number of rotatable bonds is 6. The molecule has 0 saturated carbocycles. The summed E-state index contributed by atoms with van der Waals surface area (Å²) in [5.41, 5.74) is 0. The Kier molecular flexibility index (Phi) is 4.38. The van der Waals surface area contributed by atoms with Crippen molar-refractivity contribution in [3.05, 3.63) is 0 Å². The number of β-amino-alcohol motifs (C(OH)–C–C–N with tert-alkyl or cyclic N) is 1. The minimum atomic E-state index is -0.415. The van der Waals surface area contributed by atoms with Crippen molar-refractivity contribution in [3.63, 3.8) is 0 Å². The minimum absolute atomic E-state index is 0.0214. The number of nitrogens with one attached hydrogen (secondary N) is 1. The number of urea groups is 1. The fourth-order valence-corrected chi connectivity index (χ4v) is 2.24. The van der Waals surface area contributed by atoms with E-state index >= 15 is 0 Å². The van der Waals surface area contributed by atoms with Crippen LogP contribution in [0.5, 0.6) is 0 Å². The fourth-order valence-electron chi connectivity index (χ4n) is 2.24. The molecule has 1 unspecified atom stereocenters. The third kappa shape index (κ3) is 2.91. The third-order valence-corrected chi connectivity index (χ3v) is 3.24. The minimum Gasteiger partial charge on any atom is -0.395 e. The summed E-state index contributed by atoms with van der Waals surface area (Å²) in [5.74, 6) is -0.0603. The molecule has 2 N–H and O–H groups in total. The molecule has 2 heterocycles. The van der Waals surface area contributed by atoms with E-state index in [-0.39, 0.29) is 18.5 Å². The number of hydrogen-bond donors (Lipinski definition) is 2. The normalized spacial score (nSPS) is 23.9. The number of likely N-dealkylation sites (tertiary alicyclic amines) is 1. The van der Waals surface area contributed by atoms with E-state index in [1.54, 1.807) is 9.80 Å². The third-order valence-electron chi connectivity index (χ3n) is 3.24. The maximum atomic E-state index is 11.8. The highest BCUT2D eigenvalue weighted by molar-refractivity contribution is 5.83. The maximum absolute atomic E-state index is 11.8. The van der Waals surface area contributed by atoms with E-state index in [4.69, 9.17) is 9.84 Å². The smallest absolute Gasteiger partial charge is 0.317 e. The summed E-state index contributed by atoms with van der Waals surface area (Å²) in [6.45, 7) is 3.23. The lowest BCUT2D eigenvalue weighted by Gasteiger charge is -2.17. The number of carbonyl (C=O) groups is 2. The number of hydrogen-bond acceptors (Lipinski definition) is 4. The van der Waals surface area contributed by atoms with Gasteiger partial charge in [-0.25, -0.2) is 4.79 Å². The van der Waals surface area contributed by atoms with Crippen molar-refractivity contribution < 1.29 is 19.4 Å². The van der Waals surface area contributed by atoms with Gasteiger partial charge < -0.3 is 25.0 Å². The van der Waals surface area contributed by atoms with E-state index in [1.165, 1.54) is 0 Å². The summed E-state index contributed by atoms with van der Waals surface area (Å²) in [6.07, 6.45) is 0.243. The van der Waals surface area contributed by atoms with Gasteiger partial charge in [-0.3, -0.25) is 4.79 Å². The van der Waals surface area contributed by atoms with Crippen molar-refractivity contribution in [2.24, 2.45) is 0 Å². The number of ether oxygens (including phenoxy) is 1. The van der Waals surface area contributed by atoms with Gasteiger partial charge >= 0.3 is 6.03 Å². The zero-order chi connectivity index (χ0) is 13.0. The lowest BCUT2D eigenvalue weighted by Crippen LogP contribution is -2.35. The predicted molar refractivity (Wildman–Crippen MR) is 63.0 cm³/mol. The Bertz CT molecular complexity index is 323. The highest BCUT2D eigenvalue weighted by Crippen LogP contribution is 2.14. The van der Waals surface area contributed by atoms with Gasteiger partial charge in [-0.15, -0.1) is 0 Å². The summed E-state index contributed by atoms with van der Waals surface area (Å²) in [4.78, 5) is 26.3. The van der Waals surface area contributed by atoms with E-state index in [1.807, 2.05) is 0 Å². The average Bonchev–Trinajstić information content (AvgIpc) is 2.90. The predicted octanol–water partition coefficient (Wildman–Crippen LogP) is -1.38. The Labute approximate surface area is 106 Å². The monoisotopic (exact) mass is 257 g/mol. The van der Waals surface area contributed by atoms with Crippen molar-refractivity contribution in [3.8, 4) is 0 Å². The lowest BCUT2D eigenvalue weighted by atomic mass is 10.3. The quantitative estimate of drug-likeness (QED) is 0.614. The van der Waals surface area contributed by atoms with Crippen molar-refractivity contribution in [2.75, 3.05) is 45.9 Å². The fraction of sp³-hybridized carbons (Fsp3) is 0.818. The van der Waals surface area contributed by atoms with Crippen molar-refractivity contribution in [1.82, 2.24) is 15.1 Å². The van der Waals surface area contributed by atoms with E-state index in [0.29, 0.717) is 45.8 Å². The molecule has 2 saturated heterocycles. The maximum Gasteiger partial charge on any atom is 0.317 e. The van der Waals surface area contributed by atoms with Gasteiger partial charge in [-0.05, 0) is 0 Å². The van der Waals surface area contributed by atoms with Crippen LogP contribution in [0.15, 0.2) is 0 Å². The molecule has 2 aliphatic rings. The number of amides is 3. The van der Waals surface area contributed by atoms with Crippen LogP contribution in [0.25, 0.3) is 0 Å². The summed E-state index contributed by atoms with van der Waals surface area (Å²) >= 11 is 0. The Morgan fingerprint density at radius 1 is 1.28 bits per heavy atom. The van der Waals surface area contributed by atoms with E-state index in [9.17, 15) is 9.59 Å². The molecule has 0 aromatic carbocycles. The number of aliphatic hydroxyl groups excluding tert-OH is 1. The number of carbonyl (C=O) groups excluding carboxylic acids is 2. The van der Waals surface area contributed by atoms with Gasteiger partial charge in [0.25, 0.3) is 5.91 Å². The van der Waals surface area contributed by atoms with Crippen molar-refractivity contribution in [2.45, 2.75) is 12.5 Å². The zero-order valence-corrected chi connectivity index (χ0v) is 10.3. The zero-order valence-electron chi connectivity index (χ0n) is 10.3. The second-order valence-corrected chi connectivity index (χ2v) is 4.42. The van der Waals surface area contributed by atoms with Crippen molar-refractivity contribution >= 4 is 11.9 Å². The molecule has 1 atom stereocenters. The molecule has 0 bridgehead atoms. The molecule has 7 heteroatoms. The Hall–Kier alpha value is -1.34. The van der Waals surface area contributed by atoms with Crippen LogP contribution in [0.4, 0.5) is 4.79 Å². The molecule has 0 aromatic heterocycles. The molecule has 0 aliphatic carbocycles.